The van der Waals surface area contributed by atoms with Crippen molar-refractivity contribution in [1.29, 1.82) is 0 Å². The van der Waals surface area contributed by atoms with Crippen molar-refractivity contribution in [1.82, 2.24) is 0 Å². The third-order valence-corrected chi connectivity index (χ3v) is 8.40. The molecule has 4 nitrogen and oxygen atoms in total. The van der Waals surface area contributed by atoms with E-state index in [1.54, 1.807) is 11.3 Å². The Labute approximate surface area is 182 Å². The number of carbonyl (C=O) groups is 1. The zero-order chi connectivity index (χ0) is 21.8. The summed E-state index contributed by atoms with van der Waals surface area (Å²) in [7, 11) is 0. The fourth-order valence-corrected chi connectivity index (χ4v) is 6.58. The first-order valence-corrected chi connectivity index (χ1v) is 11.6. The highest BCUT2D eigenvalue weighted by atomic mass is 32.1. The number of fused-ring (bicyclic) bond motifs is 3. The molecule has 162 valence electrons. The van der Waals surface area contributed by atoms with Crippen molar-refractivity contribution in [3.05, 3.63) is 49.7 Å². The lowest BCUT2D eigenvalue weighted by Crippen LogP contribution is -2.21. The number of hydrogen-bond donors (Lipinski definition) is 2. The number of aliphatic hydroxyl groups excluding tert-OH is 2. The van der Waals surface area contributed by atoms with Crippen LogP contribution in [0.3, 0.4) is 0 Å². The Hall–Kier alpha value is -1.69. The summed E-state index contributed by atoms with van der Waals surface area (Å²) in [5.74, 6) is 2.34. The molecule has 2 aliphatic rings. The van der Waals surface area contributed by atoms with Crippen LogP contribution in [0.5, 0.6) is 5.75 Å². The minimum atomic E-state index is -0.879. The lowest BCUT2D eigenvalue weighted by molar-refractivity contribution is 0.0535. The second kappa shape index (κ2) is 7.77. The van der Waals surface area contributed by atoms with E-state index in [-0.39, 0.29) is 19.0 Å². The Bertz CT molecular complexity index is 964. The van der Waals surface area contributed by atoms with Gasteiger partial charge in [0.2, 0.25) is 0 Å². The maximum atomic E-state index is 13.1. The Morgan fingerprint density at radius 3 is 2.57 bits per heavy atom. The molecule has 5 heteroatoms. The van der Waals surface area contributed by atoms with Crippen LogP contribution in [-0.2, 0) is 12.8 Å². The van der Waals surface area contributed by atoms with Crippen LogP contribution in [0.15, 0.2) is 12.1 Å². The highest BCUT2D eigenvalue weighted by Crippen LogP contribution is 2.71. The number of benzene rings is 1. The molecule has 1 fully saturated rings. The van der Waals surface area contributed by atoms with Crippen molar-refractivity contribution >= 4 is 17.1 Å². The molecule has 0 unspecified atom stereocenters. The molecular formula is C25H32O4S. The van der Waals surface area contributed by atoms with E-state index >= 15 is 0 Å². The zero-order valence-corrected chi connectivity index (χ0v) is 19.4. The quantitative estimate of drug-likeness (QED) is 0.607. The third-order valence-electron chi connectivity index (χ3n) is 7.20. The van der Waals surface area contributed by atoms with Gasteiger partial charge in [0.05, 0.1) is 11.5 Å². The van der Waals surface area contributed by atoms with Crippen molar-refractivity contribution in [3.63, 3.8) is 0 Å². The van der Waals surface area contributed by atoms with Gasteiger partial charge in [-0.25, -0.2) is 0 Å². The maximum Gasteiger partial charge on any atom is 0.173 e. The van der Waals surface area contributed by atoms with Gasteiger partial charge in [0.15, 0.2) is 5.78 Å². The Morgan fingerprint density at radius 1 is 1.27 bits per heavy atom. The van der Waals surface area contributed by atoms with Gasteiger partial charge in [-0.3, -0.25) is 4.79 Å². The summed E-state index contributed by atoms with van der Waals surface area (Å²) in [5.41, 5.74) is 6.60. The van der Waals surface area contributed by atoms with E-state index in [1.807, 2.05) is 26.0 Å². The van der Waals surface area contributed by atoms with Crippen LogP contribution in [0.2, 0.25) is 0 Å². The molecule has 1 heterocycles. The first kappa shape index (κ1) is 21.5. The smallest absolute Gasteiger partial charge is 0.173 e. The predicted octanol–water partition coefficient (Wildman–Crippen LogP) is 4.52. The second-order valence-corrected chi connectivity index (χ2v) is 10.8. The number of rotatable bonds is 8. The van der Waals surface area contributed by atoms with Crippen LogP contribution >= 0.6 is 11.3 Å². The summed E-state index contributed by atoms with van der Waals surface area (Å²) in [4.78, 5) is 15.4. The van der Waals surface area contributed by atoms with E-state index in [4.69, 9.17) is 9.84 Å². The fourth-order valence-electron chi connectivity index (χ4n) is 5.39. The second-order valence-electron chi connectivity index (χ2n) is 9.60. The van der Waals surface area contributed by atoms with Gasteiger partial charge in [-0.15, -0.1) is 11.3 Å². The van der Waals surface area contributed by atoms with Gasteiger partial charge in [-0.1, -0.05) is 13.8 Å². The average molecular weight is 429 g/mol. The first-order chi connectivity index (χ1) is 14.1. The molecule has 0 bridgehead atoms. The van der Waals surface area contributed by atoms with Crippen molar-refractivity contribution in [2.45, 2.75) is 65.9 Å². The monoisotopic (exact) mass is 428 g/mol. The summed E-state index contributed by atoms with van der Waals surface area (Å²) < 4.78 is 5.58. The number of thiophene rings is 1. The topological polar surface area (TPSA) is 66.8 Å². The van der Waals surface area contributed by atoms with Gasteiger partial charge in [-0.05, 0) is 90.8 Å². The minimum absolute atomic E-state index is 0.0643. The van der Waals surface area contributed by atoms with Gasteiger partial charge in [0, 0.05) is 11.3 Å². The lowest BCUT2D eigenvalue weighted by Gasteiger charge is -2.15. The molecule has 1 aromatic carbocycles. The van der Waals surface area contributed by atoms with E-state index in [2.05, 4.69) is 20.8 Å². The highest BCUT2D eigenvalue weighted by molar-refractivity contribution is 7.14. The predicted molar refractivity (Wildman–Crippen MR) is 120 cm³/mol. The number of hydrogen-bond acceptors (Lipinski definition) is 5. The number of ketones is 1. The van der Waals surface area contributed by atoms with E-state index < -0.39 is 6.10 Å². The van der Waals surface area contributed by atoms with Gasteiger partial charge < -0.3 is 14.9 Å². The number of Topliss-reactive ketones (excluding diaryl/α,β-unsaturated/α-hetero) is 1. The number of aliphatic hydroxyl groups is 2. The molecule has 3 atom stereocenters. The van der Waals surface area contributed by atoms with Crippen molar-refractivity contribution < 1.29 is 19.7 Å². The van der Waals surface area contributed by atoms with Crippen LogP contribution in [0.4, 0.5) is 0 Å². The summed E-state index contributed by atoms with van der Waals surface area (Å²) in [6.07, 6.45) is 1.44. The number of ether oxygens (including phenoxy) is 1. The summed E-state index contributed by atoms with van der Waals surface area (Å²) in [6.45, 7) is 10.7. The molecular weight excluding hydrogens is 396 g/mol. The van der Waals surface area contributed by atoms with Crippen molar-refractivity contribution in [2.75, 3.05) is 13.2 Å². The Morgan fingerprint density at radius 2 is 1.93 bits per heavy atom. The normalized spacial score (nSPS) is 21.8. The van der Waals surface area contributed by atoms with E-state index in [0.717, 1.165) is 34.8 Å². The summed E-state index contributed by atoms with van der Waals surface area (Å²) >= 11 is 1.70. The largest absolute Gasteiger partial charge is 0.491 e. The molecule has 0 aliphatic heterocycles. The Kier molecular flexibility index (Phi) is 5.58. The standard InChI is InChI=1S/C25H32O4S/c1-13-8-17(29-12-16(27)11-26)9-14(2)18(13)6-7-21(28)24-19-10-20-23(25(20,4)5)22(19)15(3)30-24/h8-9,16,20,23,26-27H,6-7,10-12H2,1-5H3/t16-,20-,23-/m1/s1. The molecule has 4 rings (SSSR count). The number of aryl methyl sites for hydroxylation is 3. The minimum Gasteiger partial charge on any atom is -0.491 e. The van der Waals surface area contributed by atoms with Crippen LogP contribution in [-0.4, -0.2) is 35.3 Å². The van der Waals surface area contributed by atoms with E-state index in [0.29, 0.717) is 23.5 Å². The molecule has 0 amide bonds. The van der Waals surface area contributed by atoms with Crippen LogP contribution in [0, 0.1) is 32.1 Å². The maximum absolute atomic E-state index is 13.1. The number of carbonyl (C=O) groups excluding carboxylic acids is 1. The molecule has 0 radical (unpaired) electrons. The van der Waals surface area contributed by atoms with Gasteiger partial charge in [0.1, 0.15) is 18.5 Å². The molecule has 30 heavy (non-hydrogen) atoms. The molecule has 2 aromatic rings. The average Bonchev–Trinajstić information content (AvgIpc) is 3.02. The van der Waals surface area contributed by atoms with Crippen LogP contribution in [0.25, 0.3) is 0 Å². The SMILES string of the molecule is Cc1cc(OC[C@H](O)CO)cc(C)c1CCC(=O)c1sc(C)c2c1C[C@@H]1[C@H]2C1(C)C. The van der Waals surface area contributed by atoms with Crippen molar-refractivity contribution in [3.8, 4) is 5.75 Å². The summed E-state index contributed by atoms with van der Waals surface area (Å²) in [6, 6.07) is 3.89. The van der Waals surface area contributed by atoms with E-state index in [9.17, 15) is 9.90 Å². The van der Waals surface area contributed by atoms with Crippen molar-refractivity contribution in [2.24, 2.45) is 11.3 Å². The molecule has 2 aliphatic carbocycles. The van der Waals surface area contributed by atoms with Gasteiger partial charge in [-0.2, -0.15) is 0 Å². The summed E-state index contributed by atoms with van der Waals surface area (Å²) in [5, 5.41) is 18.4. The zero-order valence-electron chi connectivity index (χ0n) is 18.5. The van der Waals surface area contributed by atoms with E-state index in [1.165, 1.54) is 21.6 Å². The fraction of sp³-hybridized carbons (Fsp3) is 0.560. The highest BCUT2D eigenvalue weighted by Gasteiger charge is 2.63. The lowest BCUT2D eigenvalue weighted by atomic mass is 9.93. The third kappa shape index (κ3) is 3.61. The molecule has 0 saturated heterocycles. The molecule has 1 aromatic heterocycles. The van der Waals surface area contributed by atoms with Crippen LogP contribution < -0.4 is 4.74 Å². The molecule has 0 spiro atoms. The molecule has 1 saturated carbocycles. The molecule has 2 N–H and O–H groups in total. The van der Waals surface area contributed by atoms with Gasteiger partial charge in [0.25, 0.3) is 0 Å². The van der Waals surface area contributed by atoms with Crippen LogP contribution in [0.1, 0.15) is 68.6 Å². The Balaban J connectivity index is 1.44. The van der Waals surface area contributed by atoms with Gasteiger partial charge >= 0.3 is 0 Å². The first-order valence-electron chi connectivity index (χ1n) is 10.8.